The third-order valence-electron chi connectivity index (χ3n) is 2.84. The lowest BCUT2D eigenvalue weighted by molar-refractivity contribution is 0.0697. The van der Waals surface area contributed by atoms with E-state index in [-0.39, 0.29) is 0 Å². The highest BCUT2D eigenvalue weighted by molar-refractivity contribution is 7.10. The quantitative estimate of drug-likeness (QED) is 0.683. The largest absolute Gasteiger partial charge is 0.478 e. The van der Waals surface area contributed by atoms with E-state index in [1.54, 1.807) is 17.6 Å². The molecule has 0 saturated heterocycles. The van der Waals surface area contributed by atoms with Crippen molar-refractivity contribution >= 4 is 33.9 Å². The number of nitrogens with zero attached hydrogens (tertiary/aromatic N) is 1. The number of thiophene rings is 1. The molecule has 6 heteroatoms. The average molecular weight is 273 g/mol. The number of H-pyrrole nitrogens is 1. The Morgan fingerprint density at radius 1 is 1.47 bits per heavy atom. The summed E-state index contributed by atoms with van der Waals surface area (Å²) in [6, 6.07) is 7.57. The predicted octanol–water partition coefficient (Wildman–Crippen LogP) is 2.93. The van der Waals surface area contributed by atoms with Gasteiger partial charge in [0.05, 0.1) is 17.3 Å². The molecular weight excluding hydrogens is 262 g/mol. The molecule has 3 rings (SSSR count). The summed E-state index contributed by atoms with van der Waals surface area (Å²) in [4.78, 5) is 11.8. The molecule has 3 aromatic rings. The van der Waals surface area contributed by atoms with Gasteiger partial charge in [0.15, 0.2) is 0 Å². The zero-order valence-corrected chi connectivity index (χ0v) is 10.7. The van der Waals surface area contributed by atoms with Crippen LogP contribution < -0.4 is 5.32 Å². The van der Waals surface area contributed by atoms with Gasteiger partial charge in [0.1, 0.15) is 0 Å². The van der Waals surface area contributed by atoms with Crippen LogP contribution in [0.25, 0.3) is 10.9 Å². The van der Waals surface area contributed by atoms with E-state index in [9.17, 15) is 4.79 Å². The number of fused-ring (bicyclic) bond motifs is 1. The van der Waals surface area contributed by atoms with Crippen molar-refractivity contribution < 1.29 is 9.90 Å². The molecule has 0 bridgehead atoms. The lowest BCUT2D eigenvalue weighted by Gasteiger charge is -2.05. The molecule has 0 aliphatic heterocycles. The van der Waals surface area contributed by atoms with Crippen LogP contribution in [-0.2, 0) is 6.54 Å². The van der Waals surface area contributed by atoms with Gasteiger partial charge in [-0.15, -0.1) is 11.3 Å². The normalized spacial score (nSPS) is 10.7. The molecule has 0 aliphatic rings. The van der Waals surface area contributed by atoms with Crippen LogP contribution >= 0.6 is 11.3 Å². The van der Waals surface area contributed by atoms with Crippen molar-refractivity contribution in [3.8, 4) is 0 Å². The highest BCUT2D eigenvalue weighted by Crippen LogP contribution is 2.23. The van der Waals surface area contributed by atoms with E-state index in [0.717, 1.165) is 21.5 Å². The Kier molecular flexibility index (Phi) is 2.92. The number of aromatic nitrogens is 2. The van der Waals surface area contributed by atoms with Gasteiger partial charge in [0.2, 0.25) is 0 Å². The number of aromatic carboxylic acids is 1. The first-order valence-electron chi connectivity index (χ1n) is 5.71. The summed E-state index contributed by atoms with van der Waals surface area (Å²) in [5, 5.41) is 21.8. The van der Waals surface area contributed by atoms with Crippen molar-refractivity contribution in [1.29, 1.82) is 0 Å². The zero-order valence-electron chi connectivity index (χ0n) is 9.88. The summed E-state index contributed by atoms with van der Waals surface area (Å²) < 4.78 is 0. The highest BCUT2D eigenvalue weighted by atomic mass is 32.1. The number of anilines is 1. The molecule has 2 heterocycles. The molecule has 0 atom stereocenters. The van der Waals surface area contributed by atoms with Crippen LogP contribution in [0.1, 0.15) is 15.2 Å². The van der Waals surface area contributed by atoms with Crippen LogP contribution in [0.3, 0.4) is 0 Å². The lowest BCUT2D eigenvalue weighted by atomic mass is 10.2. The van der Waals surface area contributed by atoms with Crippen molar-refractivity contribution in [3.05, 3.63) is 46.3 Å². The van der Waals surface area contributed by atoms with Crippen LogP contribution in [-0.4, -0.2) is 21.3 Å². The second-order valence-electron chi connectivity index (χ2n) is 4.10. The number of benzene rings is 1. The van der Waals surface area contributed by atoms with Crippen molar-refractivity contribution in [2.45, 2.75) is 6.54 Å². The van der Waals surface area contributed by atoms with E-state index in [1.165, 1.54) is 11.3 Å². The number of aromatic amines is 1. The second kappa shape index (κ2) is 4.74. The topological polar surface area (TPSA) is 78.0 Å². The molecule has 0 amide bonds. The summed E-state index contributed by atoms with van der Waals surface area (Å²) in [5.74, 6) is -0.889. The van der Waals surface area contributed by atoms with E-state index in [2.05, 4.69) is 15.5 Å². The maximum atomic E-state index is 10.8. The van der Waals surface area contributed by atoms with Gasteiger partial charge >= 0.3 is 5.97 Å². The maximum Gasteiger partial charge on any atom is 0.336 e. The first-order chi connectivity index (χ1) is 9.24. The molecule has 2 aromatic heterocycles. The summed E-state index contributed by atoms with van der Waals surface area (Å²) in [7, 11) is 0. The van der Waals surface area contributed by atoms with Crippen molar-refractivity contribution in [1.82, 2.24) is 10.2 Å². The van der Waals surface area contributed by atoms with Crippen LogP contribution in [0.2, 0.25) is 0 Å². The van der Waals surface area contributed by atoms with Gasteiger partial charge in [0, 0.05) is 27.9 Å². The Bertz CT molecular complexity index is 732. The van der Waals surface area contributed by atoms with Gasteiger partial charge in [-0.3, -0.25) is 5.10 Å². The van der Waals surface area contributed by atoms with Crippen LogP contribution in [0.4, 0.5) is 5.69 Å². The average Bonchev–Trinajstić information content (AvgIpc) is 3.05. The minimum Gasteiger partial charge on any atom is -0.478 e. The van der Waals surface area contributed by atoms with Gasteiger partial charge in [-0.2, -0.15) is 5.10 Å². The fourth-order valence-electron chi connectivity index (χ4n) is 1.89. The number of carboxylic acid groups (broad SMARTS) is 1. The summed E-state index contributed by atoms with van der Waals surface area (Å²) in [5.41, 5.74) is 2.29. The molecule has 19 heavy (non-hydrogen) atoms. The number of hydrogen-bond donors (Lipinski definition) is 3. The first kappa shape index (κ1) is 11.7. The van der Waals surface area contributed by atoms with Crippen LogP contribution in [0.5, 0.6) is 0 Å². The summed E-state index contributed by atoms with van der Waals surface area (Å²) in [6.07, 6.45) is 1.77. The molecule has 0 saturated carbocycles. The van der Waals surface area contributed by atoms with Gasteiger partial charge in [-0.05, 0) is 18.2 Å². The molecule has 5 nitrogen and oxygen atoms in total. The number of carbonyl (C=O) groups is 1. The highest BCUT2D eigenvalue weighted by Gasteiger charge is 2.07. The maximum absolute atomic E-state index is 10.8. The second-order valence-corrected chi connectivity index (χ2v) is 5.09. The smallest absolute Gasteiger partial charge is 0.336 e. The monoisotopic (exact) mass is 273 g/mol. The Hall–Kier alpha value is -2.34. The van der Waals surface area contributed by atoms with E-state index in [4.69, 9.17) is 5.11 Å². The van der Waals surface area contributed by atoms with Crippen LogP contribution in [0.15, 0.2) is 35.8 Å². The predicted molar refractivity (Wildman–Crippen MR) is 74.7 cm³/mol. The minimum atomic E-state index is -0.889. The van der Waals surface area contributed by atoms with Crippen molar-refractivity contribution in [2.75, 3.05) is 5.32 Å². The fourth-order valence-corrected chi connectivity index (χ4v) is 2.69. The third-order valence-corrected chi connectivity index (χ3v) is 3.78. The van der Waals surface area contributed by atoms with E-state index in [0.29, 0.717) is 12.1 Å². The molecule has 3 N–H and O–H groups in total. The molecule has 96 valence electrons. The van der Waals surface area contributed by atoms with Gasteiger partial charge in [-0.1, -0.05) is 6.07 Å². The van der Waals surface area contributed by atoms with E-state index >= 15 is 0 Å². The Morgan fingerprint density at radius 3 is 3.16 bits per heavy atom. The lowest BCUT2D eigenvalue weighted by Crippen LogP contribution is -1.98. The summed E-state index contributed by atoms with van der Waals surface area (Å²) >= 11 is 1.44. The van der Waals surface area contributed by atoms with Crippen molar-refractivity contribution in [2.24, 2.45) is 0 Å². The van der Waals surface area contributed by atoms with Crippen LogP contribution in [0, 0.1) is 0 Å². The Morgan fingerprint density at radius 2 is 2.37 bits per heavy atom. The Balaban J connectivity index is 1.78. The fraction of sp³-hybridized carbons (Fsp3) is 0.0769. The number of nitrogens with one attached hydrogen (secondary N) is 2. The summed E-state index contributed by atoms with van der Waals surface area (Å²) in [6.45, 7) is 0.599. The van der Waals surface area contributed by atoms with E-state index < -0.39 is 5.97 Å². The van der Waals surface area contributed by atoms with E-state index in [1.807, 2.05) is 18.2 Å². The van der Waals surface area contributed by atoms with Crippen molar-refractivity contribution in [3.63, 3.8) is 0 Å². The van der Waals surface area contributed by atoms with Gasteiger partial charge < -0.3 is 10.4 Å². The number of hydrogen-bond acceptors (Lipinski definition) is 4. The molecule has 0 aliphatic carbocycles. The molecule has 0 radical (unpaired) electrons. The molecular formula is C13H11N3O2S. The minimum absolute atomic E-state index is 0.336. The zero-order chi connectivity index (χ0) is 13.2. The third kappa shape index (κ3) is 2.30. The number of rotatable bonds is 4. The Labute approximate surface area is 112 Å². The van der Waals surface area contributed by atoms with Gasteiger partial charge in [0.25, 0.3) is 0 Å². The SMILES string of the molecule is O=C(O)c1csc(CNc2cccc3[nH]ncc23)c1. The molecule has 0 fully saturated rings. The first-order valence-corrected chi connectivity index (χ1v) is 6.58. The number of carboxylic acids is 1. The molecule has 0 spiro atoms. The standard InChI is InChI=1S/C13H11N3O2S/c17-13(18)8-4-9(19-7-8)5-14-11-2-1-3-12-10(11)6-15-16-12/h1-4,6-7,14H,5H2,(H,15,16)(H,17,18). The van der Waals surface area contributed by atoms with Gasteiger partial charge in [-0.25, -0.2) is 4.79 Å². The molecule has 0 unspecified atom stereocenters. The molecule has 1 aromatic carbocycles.